The van der Waals surface area contributed by atoms with Gasteiger partial charge in [0, 0.05) is 16.6 Å². The molecule has 0 unspecified atom stereocenters. The van der Waals surface area contributed by atoms with Gasteiger partial charge in [0.15, 0.2) is 0 Å². The molecule has 2 aromatic rings. The molecule has 0 saturated carbocycles. The van der Waals surface area contributed by atoms with E-state index in [2.05, 4.69) is 15.0 Å². The number of hydrogen-bond donors (Lipinski definition) is 1. The van der Waals surface area contributed by atoms with Crippen molar-refractivity contribution < 1.29 is 9.63 Å². The number of aliphatic hydroxyl groups excluding tert-OH is 1. The minimum Gasteiger partial charge on any atom is -0.395 e. The first-order valence-corrected chi connectivity index (χ1v) is 7.57. The summed E-state index contributed by atoms with van der Waals surface area (Å²) in [4.78, 5) is 6.64. The lowest BCUT2D eigenvalue weighted by atomic mass is 10.0. The van der Waals surface area contributed by atoms with Gasteiger partial charge in [0.1, 0.15) is 0 Å². The summed E-state index contributed by atoms with van der Waals surface area (Å²) in [5, 5.41) is 14.1. The van der Waals surface area contributed by atoms with Gasteiger partial charge in [0.05, 0.1) is 13.2 Å². The Morgan fingerprint density at radius 2 is 2.10 bits per heavy atom. The molecule has 1 fully saturated rings. The Bertz CT molecular complexity index is 585. The highest BCUT2D eigenvalue weighted by Crippen LogP contribution is 2.21. The predicted octanol–water partition coefficient (Wildman–Crippen LogP) is 2.74. The van der Waals surface area contributed by atoms with Gasteiger partial charge < -0.3 is 9.63 Å². The second-order valence-corrected chi connectivity index (χ2v) is 5.76. The van der Waals surface area contributed by atoms with E-state index >= 15 is 0 Å². The second-order valence-electron chi connectivity index (χ2n) is 5.32. The first kappa shape index (κ1) is 14.5. The van der Waals surface area contributed by atoms with Crippen molar-refractivity contribution >= 4 is 11.6 Å². The highest BCUT2D eigenvalue weighted by Gasteiger charge is 2.23. The van der Waals surface area contributed by atoms with Gasteiger partial charge in [-0.15, -0.1) is 0 Å². The van der Waals surface area contributed by atoms with E-state index in [1.54, 1.807) is 12.1 Å². The monoisotopic (exact) mass is 307 g/mol. The summed E-state index contributed by atoms with van der Waals surface area (Å²) in [6.07, 6.45) is 3.34. The Morgan fingerprint density at radius 1 is 1.29 bits per heavy atom. The SMILES string of the molecule is OC[C@@H]1CCCCN1Cc1nc(-c2ccc(Cl)cc2)no1. The second kappa shape index (κ2) is 6.56. The van der Waals surface area contributed by atoms with Gasteiger partial charge in [-0.25, -0.2) is 0 Å². The van der Waals surface area contributed by atoms with Crippen LogP contribution in [-0.4, -0.2) is 39.3 Å². The van der Waals surface area contributed by atoms with Crippen LogP contribution in [0.2, 0.25) is 5.02 Å². The molecule has 2 heterocycles. The van der Waals surface area contributed by atoms with Crippen molar-refractivity contribution in [2.75, 3.05) is 13.2 Å². The minimum atomic E-state index is 0.179. The van der Waals surface area contributed by atoms with Crippen LogP contribution in [0.25, 0.3) is 11.4 Å². The summed E-state index contributed by atoms with van der Waals surface area (Å²) in [6, 6.07) is 7.55. The number of halogens is 1. The maximum absolute atomic E-state index is 9.43. The van der Waals surface area contributed by atoms with E-state index in [9.17, 15) is 5.11 Å². The summed E-state index contributed by atoms with van der Waals surface area (Å²) in [7, 11) is 0. The normalized spacial score (nSPS) is 19.8. The Morgan fingerprint density at radius 3 is 2.86 bits per heavy atom. The van der Waals surface area contributed by atoms with Crippen molar-refractivity contribution in [2.24, 2.45) is 0 Å². The largest absolute Gasteiger partial charge is 0.395 e. The van der Waals surface area contributed by atoms with Crippen LogP contribution in [0.15, 0.2) is 28.8 Å². The van der Waals surface area contributed by atoms with Crippen molar-refractivity contribution in [2.45, 2.75) is 31.8 Å². The molecule has 6 heteroatoms. The molecule has 1 aliphatic heterocycles. The van der Waals surface area contributed by atoms with Gasteiger partial charge in [-0.1, -0.05) is 23.2 Å². The lowest BCUT2D eigenvalue weighted by molar-refractivity contribution is 0.0749. The fourth-order valence-electron chi connectivity index (χ4n) is 2.68. The number of likely N-dealkylation sites (tertiary alicyclic amines) is 1. The average molecular weight is 308 g/mol. The zero-order valence-corrected chi connectivity index (χ0v) is 12.5. The molecule has 0 spiro atoms. The summed E-state index contributed by atoms with van der Waals surface area (Å²) in [6.45, 7) is 1.73. The van der Waals surface area contributed by atoms with Gasteiger partial charge in [-0.3, -0.25) is 4.90 Å². The minimum absolute atomic E-state index is 0.179. The summed E-state index contributed by atoms with van der Waals surface area (Å²) >= 11 is 5.87. The number of aromatic nitrogens is 2. The molecule has 1 aromatic carbocycles. The maximum atomic E-state index is 9.43. The maximum Gasteiger partial charge on any atom is 0.241 e. The summed E-state index contributed by atoms with van der Waals surface area (Å²) in [5.74, 6) is 1.15. The van der Waals surface area contributed by atoms with Gasteiger partial charge in [-0.05, 0) is 43.7 Å². The number of rotatable bonds is 4. The van der Waals surface area contributed by atoms with Crippen molar-refractivity contribution in [1.82, 2.24) is 15.0 Å². The number of piperidine rings is 1. The van der Waals surface area contributed by atoms with E-state index in [-0.39, 0.29) is 12.6 Å². The van der Waals surface area contributed by atoms with E-state index in [0.29, 0.717) is 23.3 Å². The lowest BCUT2D eigenvalue weighted by Crippen LogP contribution is -2.41. The molecule has 0 amide bonds. The van der Waals surface area contributed by atoms with Crippen LogP contribution in [-0.2, 0) is 6.54 Å². The standard InChI is InChI=1S/C15H18ClN3O2/c16-12-6-4-11(5-7-12)15-17-14(21-18-15)9-19-8-2-1-3-13(19)10-20/h4-7,13,20H,1-3,8-10H2/t13-/m0/s1. The highest BCUT2D eigenvalue weighted by atomic mass is 35.5. The molecule has 3 rings (SSSR count). The first-order chi connectivity index (χ1) is 10.3. The summed E-state index contributed by atoms with van der Waals surface area (Å²) < 4.78 is 5.33. The van der Waals surface area contributed by atoms with Crippen LogP contribution in [0.5, 0.6) is 0 Å². The predicted molar refractivity (Wildman–Crippen MR) is 79.9 cm³/mol. The fourth-order valence-corrected chi connectivity index (χ4v) is 2.81. The first-order valence-electron chi connectivity index (χ1n) is 7.19. The van der Waals surface area contributed by atoms with Crippen LogP contribution < -0.4 is 0 Å². The van der Waals surface area contributed by atoms with E-state index in [4.69, 9.17) is 16.1 Å². The van der Waals surface area contributed by atoms with E-state index in [1.807, 2.05) is 12.1 Å². The Kier molecular flexibility index (Phi) is 4.53. The average Bonchev–Trinajstić information content (AvgIpc) is 2.97. The van der Waals surface area contributed by atoms with Crippen molar-refractivity contribution in [3.05, 3.63) is 35.2 Å². The highest BCUT2D eigenvalue weighted by molar-refractivity contribution is 6.30. The Hall–Kier alpha value is -1.43. The van der Waals surface area contributed by atoms with Crippen molar-refractivity contribution in [1.29, 1.82) is 0 Å². The van der Waals surface area contributed by atoms with Gasteiger partial charge in [-0.2, -0.15) is 4.98 Å². The van der Waals surface area contributed by atoms with Crippen LogP contribution in [0.4, 0.5) is 0 Å². The molecule has 21 heavy (non-hydrogen) atoms. The Labute approximate surface area is 128 Å². The lowest BCUT2D eigenvalue weighted by Gasteiger charge is -2.33. The molecule has 5 nitrogen and oxygen atoms in total. The number of nitrogens with zero attached hydrogens (tertiary/aromatic N) is 3. The number of aliphatic hydroxyl groups is 1. The zero-order chi connectivity index (χ0) is 14.7. The quantitative estimate of drug-likeness (QED) is 0.941. The van der Waals surface area contributed by atoms with E-state index < -0.39 is 0 Å². The smallest absolute Gasteiger partial charge is 0.241 e. The van der Waals surface area contributed by atoms with Crippen LogP contribution >= 0.6 is 11.6 Å². The molecule has 0 bridgehead atoms. The van der Waals surface area contributed by atoms with E-state index in [1.165, 1.54) is 6.42 Å². The molecule has 0 radical (unpaired) electrons. The zero-order valence-electron chi connectivity index (χ0n) is 11.7. The van der Waals surface area contributed by atoms with Crippen LogP contribution in [0.3, 0.4) is 0 Å². The molecule has 1 aliphatic rings. The molecule has 1 atom stereocenters. The molecular weight excluding hydrogens is 290 g/mol. The van der Waals surface area contributed by atoms with Crippen molar-refractivity contribution in [3.8, 4) is 11.4 Å². The van der Waals surface area contributed by atoms with E-state index in [0.717, 1.165) is 24.9 Å². The van der Waals surface area contributed by atoms with Crippen LogP contribution in [0, 0.1) is 0 Å². The molecule has 1 saturated heterocycles. The van der Waals surface area contributed by atoms with Gasteiger partial charge >= 0.3 is 0 Å². The molecular formula is C15H18ClN3O2. The van der Waals surface area contributed by atoms with Crippen molar-refractivity contribution in [3.63, 3.8) is 0 Å². The third kappa shape index (κ3) is 3.43. The fraction of sp³-hybridized carbons (Fsp3) is 0.467. The number of benzene rings is 1. The molecule has 1 N–H and O–H groups in total. The van der Waals surface area contributed by atoms with Gasteiger partial charge in [0.25, 0.3) is 0 Å². The topological polar surface area (TPSA) is 62.4 Å². The Balaban J connectivity index is 1.71. The molecule has 0 aliphatic carbocycles. The molecule has 112 valence electrons. The third-order valence-electron chi connectivity index (χ3n) is 3.87. The van der Waals surface area contributed by atoms with Gasteiger partial charge in [0.2, 0.25) is 11.7 Å². The van der Waals surface area contributed by atoms with Crippen LogP contribution in [0.1, 0.15) is 25.2 Å². The molecule has 1 aromatic heterocycles. The third-order valence-corrected chi connectivity index (χ3v) is 4.12. The number of hydrogen-bond acceptors (Lipinski definition) is 5. The summed E-state index contributed by atoms with van der Waals surface area (Å²) in [5.41, 5.74) is 0.881.